The zero-order valence-corrected chi connectivity index (χ0v) is 12.1. The summed E-state index contributed by atoms with van der Waals surface area (Å²) in [5, 5.41) is 25.8. The summed E-state index contributed by atoms with van der Waals surface area (Å²) >= 11 is 6.12. The molecule has 21 heavy (non-hydrogen) atoms. The number of hydrogen-bond acceptors (Lipinski definition) is 5. The molecule has 0 fully saturated rings. The Hall–Kier alpha value is -2.57. The Morgan fingerprint density at radius 1 is 1.33 bits per heavy atom. The molecular weight excluding hydrogens is 288 g/mol. The van der Waals surface area contributed by atoms with E-state index in [4.69, 9.17) is 11.6 Å². The second kappa shape index (κ2) is 5.08. The number of rotatable bonds is 2. The summed E-state index contributed by atoms with van der Waals surface area (Å²) in [7, 11) is 0. The average molecular weight is 299 g/mol. The van der Waals surface area contributed by atoms with Gasteiger partial charge < -0.3 is 4.90 Å². The van der Waals surface area contributed by atoms with Crippen molar-refractivity contribution in [3.63, 3.8) is 0 Å². The van der Waals surface area contributed by atoms with E-state index in [2.05, 4.69) is 21.3 Å². The van der Waals surface area contributed by atoms with Crippen LogP contribution in [0.15, 0.2) is 6.20 Å². The Balaban J connectivity index is 2.12. The molecule has 2 aromatic heterocycles. The molecule has 1 N–H and O–H groups in total. The fourth-order valence-corrected chi connectivity index (χ4v) is 2.85. The van der Waals surface area contributed by atoms with Crippen molar-refractivity contribution < 1.29 is 0 Å². The van der Waals surface area contributed by atoms with Gasteiger partial charge in [0.2, 0.25) is 0 Å². The van der Waals surface area contributed by atoms with Gasteiger partial charge in [-0.2, -0.15) is 15.6 Å². The van der Waals surface area contributed by atoms with E-state index in [-0.39, 0.29) is 5.15 Å². The van der Waals surface area contributed by atoms with Crippen LogP contribution in [-0.4, -0.2) is 15.2 Å². The van der Waals surface area contributed by atoms with Gasteiger partial charge in [-0.3, -0.25) is 5.10 Å². The van der Waals surface area contributed by atoms with Gasteiger partial charge in [0, 0.05) is 12.1 Å². The first-order valence-electron chi connectivity index (χ1n) is 6.48. The van der Waals surface area contributed by atoms with Crippen LogP contribution in [0.5, 0.6) is 0 Å². The quantitative estimate of drug-likeness (QED) is 0.859. The van der Waals surface area contributed by atoms with E-state index in [9.17, 15) is 10.5 Å². The first kappa shape index (κ1) is 13.4. The molecule has 0 saturated heterocycles. The Labute approximate surface area is 126 Å². The van der Waals surface area contributed by atoms with E-state index in [0.29, 0.717) is 42.0 Å². The highest BCUT2D eigenvalue weighted by molar-refractivity contribution is 6.30. The van der Waals surface area contributed by atoms with Crippen LogP contribution < -0.4 is 4.90 Å². The number of aromatic amines is 1. The summed E-state index contributed by atoms with van der Waals surface area (Å²) in [5.41, 5.74) is 3.47. The Kier molecular flexibility index (Phi) is 3.25. The molecule has 0 bridgehead atoms. The largest absolute Gasteiger partial charge is 0.345 e. The molecule has 2 aromatic rings. The van der Waals surface area contributed by atoms with Crippen molar-refractivity contribution >= 4 is 17.4 Å². The van der Waals surface area contributed by atoms with Gasteiger partial charge in [-0.15, -0.1) is 0 Å². The van der Waals surface area contributed by atoms with Crippen molar-refractivity contribution in [1.82, 2.24) is 15.2 Å². The molecule has 1 aliphatic heterocycles. The monoisotopic (exact) mass is 298 g/mol. The normalized spacial score (nSPS) is 12.9. The van der Waals surface area contributed by atoms with Crippen LogP contribution in [0, 0.1) is 22.7 Å². The number of H-pyrrole nitrogens is 1. The van der Waals surface area contributed by atoms with Crippen molar-refractivity contribution in [2.75, 3.05) is 4.90 Å². The molecule has 0 aromatic carbocycles. The van der Waals surface area contributed by atoms with Gasteiger partial charge in [0.05, 0.1) is 29.6 Å². The second-order valence-electron chi connectivity index (χ2n) is 4.76. The Morgan fingerprint density at radius 2 is 2.10 bits per heavy atom. The third-order valence-corrected chi connectivity index (χ3v) is 3.91. The molecule has 104 valence electrons. The van der Waals surface area contributed by atoms with E-state index in [0.717, 1.165) is 11.3 Å². The third kappa shape index (κ3) is 2.01. The van der Waals surface area contributed by atoms with Crippen LogP contribution in [0.25, 0.3) is 0 Å². The first-order chi connectivity index (χ1) is 10.2. The van der Waals surface area contributed by atoms with Crippen LogP contribution in [0.3, 0.4) is 0 Å². The summed E-state index contributed by atoms with van der Waals surface area (Å²) < 4.78 is 0. The van der Waals surface area contributed by atoms with Crippen LogP contribution in [0.1, 0.15) is 34.9 Å². The number of nitrogens with one attached hydrogen (secondary N) is 1. The lowest BCUT2D eigenvalue weighted by Crippen LogP contribution is -2.19. The molecular formula is C14H11ClN6. The van der Waals surface area contributed by atoms with Crippen molar-refractivity contribution in [1.29, 1.82) is 10.5 Å². The lowest BCUT2D eigenvalue weighted by atomic mass is 10.0. The molecule has 3 heterocycles. The zero-order chi connectivity index (χ0) is 15.0. The van der Waals surface area contributed by atoms with Crippen molar-refractivity contribution in [3.8, 4) is 12.1 Å². The number of pyridine rings is 1. The maximum absolute atomic E-state index is 9.48. The predicted molar refractivity (Wildman–Crippen MR) is 76.5 cm³/mol. The summed E-state index contributed by atoms with van der Waals surface area (Å²) in [5.74, 6) is 0.531. The van der Waals surface area contributed by atoms with Crippen LogP contribution in [0.2, 0.25) is 5.15 Å². The number of nitrogens with zero attached hydrogens (tertiary/aromatic N) is 5. The molecule has 7 heteroatoms. The van der Waals surface area contributed by atoms with Crippen molar-refractivity contribution in [2.45, 2.75) is 26.4 Å². The fraction of sp³-hybridized carbons (Fsp3) is 0.286. The van der Waals surface area contributed by atoms with Gasteiger partial charge in [0.15, 0.2) is 0 Å². The highest BCUT2D eigenvalue weighted by Gasteiger charge is 2.27. The molecule has 0 spiro atoms. The maximum atomic E-state index is 9.48. The second-order valence-corrected chi connectivity index (χ2v) is 5.12. The number of hydrogen-bond donors (Lipinski definition) is 1. The van der Waals surface area contributed by atoms with E-state index in [1.807, 2.05) is 17.9 Å². The van der Waals surface area contributed by atoms with Gasteiger partial charge in [-0.1, -0.05) is 18.5 Å². The van der Waals surface area contributed by atoms with E-state index >= 15 is 0 Å². The van der Waals surface area contributed by atoms with Crippen molar-refractivity contribution in [2.24, 2.45) is 0 Å². The standard InChI is InChI=1S/C14H11ClN6/c1-2-9-10(3-16)13(15)19-14(11(9)4-17)21-6-8-5-18-20-12(8)7-21/h5H,2,6-7H2,1H3,(H,18,20). The highest BCUT2D eigenvalue weighted by atomic mass is 35.5. The molecule has 0 amide bonds. The summed E-state index contributed by atoms with van der Waals surface area (Å²) in [6, 6.07) is 4.21. The maximum Gasteiger partial charge on any atom is 0.149 e. The average Bonchev–Trinajstić information content (AvgIpc) is 3.06. The zero-order valence-electron chi connectivity index (χ0n) is 11.3. The fourth-order valence-electron chi connectivity index (χ4n) is 2.62. The Bertz CT molecular complexity index is 775. The van der Waals surface area contributed by atoms with Crippen molar-refractivity contribution in [3.05, 3.63) is 39.3 Å². The van der Waals surface area contributed by atoms with Crippen LogP contribution in [-0.2, 0) is 19.5 Å². The molecule has 0 unspecified atom stereocenters. The van der Waals surface area contributed by atoms with Gasteiger partial charge in [-0.05, 0) is 12.0 Å². The van der Waals surface area contributed by atoms with Gasteiger partial charge in [-0.25, -0.2) is 4.98 Å². The lowest BCUT2D eigenvalue weighted by molar-refractivity contribution is 0.820. The van der Waals surface area contributed by atoms with E-state index in [1.165, 1.54) is 0 Å². The molecule has 0 atom stereocenters. The summed E-state index contributed by atoms with van der Waals surface area (Å²) in [6.07, 6.45) is 2.33. The van der Waals surface area contributed by atoms with Gasteiger partial charge in [0.1, 0.15) is 23.1 Å². The lowest BCUT2D eigenvalue weighted by Gasteiger charge is -2.20. The van der Waals surface area contributed by atoms with E-state index < -0.39 is 0 Å². The van der Waals surface area contributed by atoms with Gasteiger partial charge >= 0.3 is 0 Å². The van der Waals surface area contributed by atoms with E-state index in [1.54, 1.807) is 6.20 Å². The number of nitriles is 2. The topological polar surface area (TPSA) is 92.4 Å². The number of fused-ring (bicyclic) bond motifs is 1. The minimum atomic E-state index is 0.150. The minimum Gasteiger partial charge on any atom is -0.345 e. The summed E-state index contributed by atoms with van der Waals surface area (Å²) in [4.78, 5) is 6.25. The molecule has 3 rings (SSSR count). The number of halogens is 1. The number of aromatic nitrogens is 3. The molecule has 1 aliphatic rings. The first-order valence-corrected chi connectivity index (χ1v) is 6.86. The minimum absolute atomic E-state index is 0.150. The van der Waals surface area contributed by atoms with Crippen LogP contribution >= 0.6 is 11.6 Å². The smallest absolute Gasteiger partial charge is 0.149 e. The Morgan fingerprint density at radius 3 is 2.71 bits per heavy atom. The number of anilines is 1. The molecule has 6 nitrogen and oxygen atoms in total. The molecule has 0 aliphatic carbocycles. The third-order valence-electron chi connectivity index (χ3n) is 3.63. The predicted octanol–water partition coefficient (Wildman–Crippen LogP) is 2.28. The molecule has 0 saturated carbocycles. The SMILES string of the molecule is CCc1c(C#N)c(Cl)nc(N2Cc3cn[nH]c3C2)c1C#N. The molecule has 0 radical (unpaired) electrons. The summed E-state index contributed by atoms with van der Waals surface area (Å²) in [6.45, 7) is 3.12. The van der Waals surface area contributed by atoms with Gasteiger partial charge in [0.25, 0.3) is 0 Å². The highest BCUT2D eigenvalue weighted by Crippen LogP contribution is 2.33. The van der Waals surface area contributed by atoms with Crippen LogP contribution in [0.4, 0.5) is 5.82 Å².